The minimum Gasteiger partial charge on any atom is -0.444 e. The zero-order chi connectivity index (χ0) is 17.4. The molecule has 0 aromatic carbocycles. The predicted octanol–water partition coefficient (Wildman–Crippen LogP) is 3.38. The van der Waals surface area contributed by atoms with E-state index in [4.69, 9.17) is 4.74 Å². The quantitative estimate of drug-likeness (QED) is 0.762. The normalized spacial score (nSPS) is 27.4. The van der Waals surface area contributed by atoms with Crippen molar-refractivity contribution in [1.82, 2.24) is 5.32 Å². The summed E-state index contributed by atoms with van der Waals surface area (Å²) in [5.74, 6) is -5.18. The standard InChI is InChI=1S/C13H20F5NO3/c1-10(2,3)22-9(20)19-8-4-6-11(21,7-5-8)12(14,15)13(16,17)18/h8,21H,4-7H2,1-3H3,(H,19,20). The van der Waals surface area contributed by atoms with Crippen LogP contribution in [0.1, 0.15) is 46.5 Å². The lowest BCUT2D eigenvalue weighted by molar-refractivity contribution is -0.347. The van der Waals surface area contributed by atoms with Gasteiger partial charge in [0.2, 0.25) is 0 Å². The number of alkyl halides is 5. The van der Waals surface area contributed by atoms with E-state index in [9.17, 15) is 31.9 Å². The summed E-state index contributed by atoms with van der Waals surface area (Å²) in [5.41, 5.74) is -3.89. The molecule has 1 aliphatic rings. The molecular formula is C13H20F5NO3. The molecule has 1 amide bonds. The van der Waals surface area contributed by atoms with E-state index in [0.717, 1.165) is 0 Å². The average Bonchev–Trinajstić information content (AvgIpc) is 2.28. The van der Waals surface area contributed by atoms with Gasteiger partial charge in [-0.1, -0.05) is 0 Å². The lowest BCUT2D eigenvalue weighted by Gasteiger charge is -2.41. The van der Waals surface area contributed by atoms with Gasteiger partial charge in [-0.15, -0.1) is 0 Å². The minimum absolute atomic E-state index is 0.193. The van der Waals surface area contributed by atoms with E-state index in [0.29, 0.717) is 0 Å². The third kappa shape index (κ3) is 4.21. The summed E-state index contributed by atoms with van der Waals surface area (Å²) in [6, 6.07) is -0.612. The van der Waals surface area contributed by atoms with Crippen molar-refractivity contribution in [3.05, 3.63) is 0 Å². The zero-order valence-corrected chi connectivity index (χ0v) is 12.6. The van der Waals surface area contributed by atoms with Crippen molar-refractivity contribution in [3.63, 3.8) is 0 Å². The van der Waals surface area contributed by atoms with Gasteiger partial charge in [0.15, 0.2) is 0 Å². The highest BCUT2D eigenvalue weighted by Crippen LogP contribution is 2.49. The van der Waals surface area contributed by atoms with Crippen LogP contribution in [-0.2, 0) is 4.74 Å². The highest BCUT2D eigenvalue weighted by atomic mass is 19.4. The Morgan fingerprint density at radius 3 is 1.95 bits per heavy atom. The number of carbonyl (C=O) groups excluding carboxylic acids is 1. The number of nitrogens with one attached hydrogen (secondary N) is 1. The van der Waals surface area contributed by atoms with Crippen molar-refractivity contribution in [3.8, 4) is 0 Å². The molecule has 1 saturated carbocycles. The maximum absolute atomic E-state index is 13.3. The molecule has 0 bridgehead atoms. The van der Waals surface area contributed by atoms with E-state index < -0.39 is 48.3 Å². The predicted molar refractivity (Wildman–Crippen MR) is 67.6 cm³/mol. The van der Waals surface area contributed by atoms with Crippen molar-refractivity contribution in [2.75, 3.05) is 0 Å². The third-order valence-corrected chi connectivity index (χ3v) is 3.47. The van der Waals surface area contributed by atoms with Crippen LogP contribution in [0.2, 0.25) is 0 Å². The number of hydrogen-bond donors (Lipinski definition) is 2. The molecule has 0 heterocycles. The molecule has 1 fully saturated rings. The van der Waals surface area contributed by atoms with Crippen LogP contribution in [0.3, 0.4) is 0 Å². The van der Waals surface area contributed by atoms with Gasteiger partial charge in [-0.05, 0) is 46.5 Å². The van der Waals surface area contributed by atoms with Crippen LogP contribution in [-0.4, -0.2) is 40.5 Å². The molecule has 0 saturated heterocycles. The highest BCUT2D eigenvalue weighted by Gasteiger charge is 2.69. The first-order valence-corrected chi connectivity index (χ1v) is 6.84. The van der Waals surface area contributed by atoms with Crippen molar-refractivity contribution in [2.24, 2.45) is 0 Å². The number of hydrogen-bond acceptors (Lipinski definition) is 3. The van der Waals surface area contributed by atoms with Gasteiger partial charge in [0, 0.05) is 6.04 Å². The fraction of sp³-hybridized carbons (Fsp3) is 0.923. The second-order valence-electron chi connectivity index (χ2n) is 6.52. The Labute approximate surface area is 125 Å². The summed E-state index contributed by atoms with van der Waals surface area (Å²) >= 11 is 0. The Balaban J connectivity index is 2.62. The van der Waals surface area contributed by atoms with Gasteiger partial charge in [0.05, 0.1) is 0 Å². The van der Waals surface area contributed by atoms with Gasteiger partial charge in [-0.2, -0.15) is 22.0 Å². The van der Waals surface area contributed by atoms with Crippen LogP contribution in [0.5, 0.6) is 0 Å². The van der Waals surface area contributed by atoms with Crippen LogP contribution in [0.15, 0.2) is 0 Å². The Kier molecular flexibility index (Phi) is 5.01. The monoisotopic (exact) mass is 333 g/mol. The first-order valence-electron chi connectivity index (χ1n) is 6.84. The number of halogens is 5. The maximum Gasteiger partial charge on any atom is 0.456 e. The molecule has 0 aliphatic heterocycles. The van der Waals surface area contributed by atoms with Gasteiger partial charge in [0.1, 0.15) is 11.2 Å². The van der Waals surface area contributed by atoms with Crippen LogP contribution in [0.4, 0.5) is 26.7 Å². The van der Waals surface area contributed by atoms with Crippen LogP contribution < -0.4 is 5.32 Å². The molecule has 1 rings (SSSR count). The van der Waals surface area contributed by atoms with Crippen LogP contribution >= 0.6 is 0 Å². The molecular weight excluding hydrogens is 313 g/mol. The molecule has 0 aromatic heterocycles. The van der Waals surface area contributed by atoms with Gasteiger partial charge in [-0.25, -0.2) is 4.79 Å². The number of rotatable bonds is 2. The van der Waals surface area contributed by atoms with E-state index in [-0.39, 0.29) is 12.8 Å². The molecule has 0 atom stereocenters. The summed E-state index contributed by atoms with van der Waals surface area (Å²) < 4.78 is 68.7. The van der Waals surface area contributed by atoms with Crippen molar-refractivity contribution < 1.29 is 36.6 Å². The molecule has 0 aromatic rings. The summed E-state index contributed by atoms with van der Waals surface area (Å²) in [5, 5.41) is 12.1. The van der Waals surface area contributed by atoms with E-state index in [1.807, 2.05) is 0 Å². The lowest BCUT2D eigenvalue weighted by Crippen LogP contribution is -2.59. The second kappa shape index (κ2) is 5.82. The van der Waals surface area contributed by atoms with Crippen molar-refractivity contribution >= 4 is 6.09 Å². The first kappa shape index (κ1) is 18.9. The Hall–Kier alpha value is -1.12. The molecule has 0 radical (unpaired) electrons. The van der Waals surface area contributed by atoms with E-state index in [1.165, 1.54) is 0 Å². The van der Waals surface area contributed by atoms with E-state index >= 15 is 0 Å². The SMILES string of the molecule is CC(C)(C)OC(=O)NC1CCC(O)(C(F)(F)C(F)(F)F)CC1. The summed E-state index contributed by atoms with van der Waals surface area (Å²) in [4.78, 5) is 11.5. The lowest BCUT2D eigenvalue weighted by atomic mass is 9.77. The van der Waals surface area contributed by atoms with Gasteiger partial charge < -0.3 is 15.2 Å². The van der Waals surface area contributed by atoms with Crippen molar-refractivity contribution in [2.45, 2.75) is 75.8 Å². The number of amides is 1. The molecule has 4 nitrogen and oxygen atoms in total. The average molecular weight is 333 g/mol. The molecule has 22 heavy (non-hydrogen) atoms. The van der Waals surface area contributed by atoms with Crippen LogP contribution in [0.25, 0.3) is 0 Å². The number of alkyl carbamates (subject to hydrolysis) is 1. The Bertz CT molecular complexity index is 409. The third-order valence-electron chi connectivity index (χ3n) is 3.47. The second-order valence-corrected chi connectivity index (χ2v) is 6.52. The van der Waals surface area contributed by atoms with E-state index in [1.54, 1.807) is 20.8 Å². The van der Waals surface area contributed by atoms with E-state index in [2.05, 4.69) is 5.32 Å². The molecule has 2 N–H and O–H groups in total. The van der Waals surface area contributed by atoms with Gasteiger partial charge in [0.25, 0.3) is 0 Å². The summed E-state index contributed by atoms with van der Waals surface area (Å²) in [6.07, 6.45) is -8.50. The van der Waals surface area contributed by atoms with Gasteiger partial charge >= 0.3 is 18.2 Å². The fourth-order valence-electron chi connectivity index (χ4n) is 2.29. The largest absolute Gasteiger partial charge is 0.456 e. The summed E-state index contributed by atoms with van der Waals surface area (Å²) in [7, 11) is 0. The molecule has 0 spiro atoms. The molecule has 1 aliphatic carbocycles. The number of carbonyl (C=O) groups is 1. The van der Waals surface area contributed by atoms with Crippen molar-refractivity contribution in [1.29, 1.82) is 0 Å². The zero-order valence-electron chi connectivity index (χ0n) is 12.6. The summed E-state index contributed by atoms with van der Waals surface area (Å²) in [6.45, 7) is 4.91. The van der Waals surface area contributed by atoms with Crippen LogP contribution in [0, 0.1) is 0 Å². The molecule has 0 unspecified atom stereocenters. The fourth-order valence-corrected chi connectivity index (χ4v) is 2.29. The minimum atomic E-state index is -5.81. The highest BCUT2D eigenvalue weighted by molar-refractivity contribution is 5.68. The van der Waals surface area contributed by atoms with Gasteiger partial charge in [-0.3, -0.25) is 0 Å². The Morgan fingerprint density at radius 1 is 1.14 bits per heavy atom. The number of aliphatic hydroxyl groups is 1. The Morgan fingerprint density at radius 2 is 1.59 bits per heavy atom. The topological polar surface area (TPSA) is 58.6 Å². The molecule has 9 heteroatoms. The smallest absolute Gasteiger partial charge is 0.444 e. The molecule has 130 valence electrons. The first-order chi connectivity index (χ1) is 9.68. The maximum atomic E-state index is 13.3. The number of ether oxygens (including phenoxy) is 1.